The summed E-state index contributed by atoms with van der Waals surface area (Å²) in [6, 6.07) is 8.05. The molecule has 4 atom stereocenters. The minimum Gasteiger partial charge on any atom is -0.497 e. The Labute approximate surface area is 130 Å². The van der Waals surface area contributed by atoms with Crippen molar-refractivity contribution in [1.29, 1.82) is 0 Å². The molecular weight excluding hydrogens is 282 g/mol. The first kappa shape index (κ1) is 16.5. The molecule has 0 aliphatic heterocycles. The summed E-state index contributed by atoms with van der Waals surface area (Å²) in [5.41, 5.74) is 0. The van der Waals surface area contributed by atoms with E-state index >= 15 is 0 Å². The second-order valence-electron chi connectivity index (χ2n) is 5.76. The van der Waals surface area contributed by atoms with E-state index in [0.29, 0.717) is 12.0 Å². The Morgan fingerprint density at radius 3 is 2.52 bits per heavy atom. The lowest BCUT2D eigenvalue weighted by molar-refractivity contribution is 0.294. The highest BCUT2D eigenvalue weighted by Gasteiger charge is 2.33. The molecule has 21 heavy (non-hydrogen) atoms. The summed E-state index contributed by atoms with van der Waals surface area (Å²) in [6.07, 6.45) is 4.64. The normalized spacial score (nSPS) is 27.3. The number of hydrogen-bond donors (Lipinski definition) is 1. The second kappa shape index (κ2) is 7.95. The molecule has 0 radical (unpaired) electrons. The molecule has 1 fully saturated rings. The van der Waals surface area contributed by atoms with Gasteiger partial charge in [-0.05, 0) is 56.0 Å². The van der Waals surface area contributed by atoms with Crippen LogP contribution in [0.4, 0.5) is 0 Å². The van der Waals surface area contributed by atoms with Crippen LogP contribution in [0.1, 0.15) is 39.5 Å². The average Bonchev–Trinajstić information content (AvgIpc) is 2.55. The lowest BCUT2D eigenvalue weighted by atomic mass is 9.84. The summed E-state index contributed by atoms with van der Waals surface area (Å²) >= 11 is 0. The fourth-order valence-corrected chi connectivity index (χ4v) is 4.93. The van der Waals surface area contributed by atoms with Crippen molar-refractivity contribution < 1.29 is 8.95 Å². The molecule has 3 nitrogen and oxygen atoms in total. The molecule has 0 heterocycles. The van der Waals surface area contributed by atoms with Gasteiger partial charge in [-0.15, -0.1) is 0 Å². The quantitative estimate of drug-likeness (QED) is 0.875. The number of methoxy groups -OCH3 is 1. The summed E-state index contributed by atoms with van der Waals surface area (Å²) in [6.45, 7) is 5.31. The van der Waals surface area contributed by atoms with Gasteiger partial charge in [0.2, 0.25) is 0 Å². The fourth-order valence-electron chi connectivity index (χ4n) is 3.20. The van der Waals surface area contributed by atoms with Gasteiger partial charge in [-0.25, -0.2) is 0 Å². The Balaban J connectivity index is 2.15. The van der Waals surface area contributed by atoms with Crippen LogP contribution in [-0.4, -0.2) is 29.2 Å². The van der Waals surface area contributed by atoms with E-state index in [1.54, 1.807) is 7.11 Å². The zero-order valence-electron chi connectivity index (χ0n) is 13.3. The molecule has 1 saturated carbocycles. The molecule has 1 aromatic carbocycles. The van der Waals surface area contributed by atoms with E-state index in [4.69, 9.17) is 4.74 Å². The monoisotopic (exact) mass is 309 g/mol. The number of rotatable bonds is 6. The minimum absolute atomic E-state index is 0.219. The van der Waals surface area contributed by atoms with Crippen molar-refractivity contribution in [2.75, 3.05) is 13.7 Å². The predicted octanol–water partition coefficient (Wildman–Crippen LogP) is 3.36. The van der Waals surface area contributed by atoms with Crippen molar-refractivity contribution in [3.8, 4) is 5.75 Å². The van der Waals surface area contributed by atoms with Crippen molar-refractivity contribution in [3.05, 3.63) is 24.3 Å². The summed E-state index contributed by atoms with van der Waals surface area (Å²) < 4.78 is 18.2. The zero-order chi connectivity index (χ0) is 15.2. The van der Waals surface area contributed by atoms with E-state index < -0.39 is 10.8 Å². The van der Waals surface area contributed by atoms with Gasteiger partial charge >= 0.3 is 0 Å². The van der Waals surface area contributed by atoms with Gasteiger partial charge in [-0.3, -0.25) is 4.21 Å². The highest BCUT2D eigenvalue weighted by atomic mass is 32.2. The summed E-state index contributed by atoms with van der Waals surface area (Å²) in [7, 11) is 0.701. The topological polar surface area (TPSA) is 38.3 Å². The molecule has 1 aliphatic rings. The van der Waals surface area contributed by atoms with Gasteiger partial charge in [0.15, 0.2) is 0 Å². The third kappa shape index (κ3) is 4.07. The highest BCUT2D eigenvalue weighted by molar-refractivity contribution is 7.85. The maximum atomic E-state index is 13.0. The van der Waals surface area contributed by atoms with Crippen molar-refractivity contribution >= 4 is 10.8 Å². The van der Waals surface area contributed by atoms with E-state index in [-0.39, 0.29) is 5.25 Å². The molecule has 0 saturated heterocycles. The first-order chi connectivity index (χ1) is 10.2. The third-order valence-corrected chi connectivity index (χ3v) is 6.32. The molecule has 4 unspecified atom stereocenters. The Kier molecular flexibility index (Phi) is 6.24. The van der Waals surface area contributed by atoms with Crippen LogP contribution in [0.3, 0.4) is 0 Å². The molecule has 0 aromatic heterocycles. The van der Waals surface area contributed by atoms with E-state index in [0.717, 1.165) is 30.0 Å². The van der Waals surface area contributed by atoms with Gasteiger partial charge in [0.1, 0.15) is 5.75 Å². The molecule has 118 valence electrons. The Hall–Kier alpha value is -0.870. The molecule has 2 rings (SSSR count). The van der Waals surface area contributed by atoms with Crippen LogP contribution in [0.2, 0.25) is 0 Å². The highest BCUT2D eigenvalue weighted by Crippen LogP contribution is 2.32. The van der Waals surface area contributed by atoms with Crippen molar-refractivity contribution in [1.82, 2.24) is 5.32 Å². The summed E-state index contributed by atoms with van der Waals surface area (Å²) in [5.74, 6) is 1.53. The number of nitrogens with one attached hydrogen (secondary N) is 1. The smallest absolute Gasteiger partial charge is 0.118 e. The van der Waals surface area contributed by atoms with Crippen molar-refractivity contribution in [2.24, 2.45) is 5.92 Å². The molecule has 0 bridgehead atoms. The molecule has 1 N–H and O–H groups in total. The van der Waals surface area contributed by atoms with Crippen molar-refractivity contribution in [3.63, 3.8) is 0 Å². The van der Waals surface area contributed by atoms with E-state index in [1.165, 1.54) is 12.8 Å². The molecule has 1 aliphatic carbocycles. The number of benzene rings is 1. The van der Waals surface area contributed by atoms with Gasteiger partial charge < -0.3 is 10.1 Å². The summed E-state index contributed by atoms with van der Waals surface area (Å²) in [5, 5.41) is 3.75. The number of hydrogen-bond acceptors (Lipinski definition) is 3. The Morgan fingerprint density at radius 1 is 1.24 bits per heavy atom. The Morgan fingerprint density at radius 2 is 1.95 bits per heavy atom. The Bertz CT molecular complexity index is 460. The van der Waals surface area contributed by atoms with E-state index in [1.807, 2.05) is 24.3 Å². The average molecular weight is 309 g/mol. The van der Waals surface area contributed by atoms with Gasteiger partial charge in [0.25, 0.3) is 0 Å². The SMILES string of the molecule is CCNC1CCC(CC)CC1S(=O)c1ccc(OC)cc1. The van der Waals surface area contributed by atoms with E-state index in [9.17, 15) is 4.21 Å². The first-order valence-electron chi connectivity index (χ1n) is 7.97. The molecule has 0 spiro atoms. The molecule has 1 aromatic rings. The van der Waals surface area contributed by atoms with Crippen LogP contribution in [0.15, 0.2) is 29.2 Å². The molecule has 0 amide bonds. The van der Waals surface area contributed by atoms with Gasteiger partial charge in [-0.2, -0.15) is 0 Å². The van der Waals surface area contributed by atoms with Gasteiger partial charge in [0, 0.05) is 10.9 Å². The lowest BCUT2D eigenvalue weighted by Crippen LogP contribution is -2.46. The largest absolute Gasteiger partial charge is 0.497 e. The van der Waals surface area contributed by atoms with Crippen molar-refractivity contribution in [2.45, 2.75) is 55.7 Å². The van der Waals surface area contributed by atoms with Crippen LogP contribution < -0.4 is 10.1 Å². The van der Waals surface area contributed by atoms with Crippen LogP contribution in [0, 0.1) is 5.92 Å². The number of ether oxygens (including phenoxy) is 1. The predicted molar refractivity (Wildman–Crippen MR) is 88.3 cm³/mol. The maximum absolute atomic E-state index is 13.0. The van der Waals surface area contributed by atoms with Crippen LogP contribution in [0.25, 0.3) is 0 Å². The molecular formula is C17H27NO2S. The zero-order valence-corrected chi connectivity index (χ0v) is 14.1. The third-order valence-electron chi connectivity index (χ3n) is 4.51. The fraction of sp³-hybridized carbons (Fsp3) is 0.647. The standard InChI is InChI=1S/C17H27NO2S/c1-4-13-6-11-16(18-5-2)17(12-13)21(19)15-9-7-14(20-3)8-10-15/h7-10,13,16-18H,4-6,11-12H2,1-3H3. The first-order valence-corrected chi connectivity index (χ1v) is 9.18. The van der Waals surface area contributed by atoms with Gasteiger partial charge in [-0.1, -0.05) is 20.3 Å². The maximum Gasteiger partial charge on any atom is 0.118 e. The molecule has 4 heteroatoms. The van der Waals surface area contributed by atoms with E-state index in [2.05, 4.69) is 19.2 Å². The second-order valence-corrected chi connectivity index (χ2v) is 7.43. The van der Waals surface area contributed by atoms with Crippen LogP contribution in [-0.2, 0) is 10.8 Å². The lowest BCUT2D eigenvalue weighted by Gasteiger charge is -2.35. The van der Waals surface area contributed by atoms with Gasteiger partial charge in [0.05, 0.1) is 23.2 Å². The van der Waals surface area contributed by atoms with Crippen LogP contribution >= 0.6 is 0 Å². The minimum atomic E-state index is -0.952. The van der Waals surface area contributed by atoms with Crippen LogP contribution in [0.5, 0.6) is 5.75 Å². The summed E-state index contributed by atoms with van der Waals surface area (Å²) in [4.78, 5) is 0.917.